The SMILES string of the molecule is Cc1n[nH]c(C)c1S(=O)(=O)Nc1ccccc1C#CCN. The molecule has 110 valence electrons. The molecule has 0 aliphatic rings. The van der Waals surface area contributed by atoms with Crippen LogP contribution >= 0.6 is 0 Å². The number of aryl methyl sites for hydroxylation is 2. The lowest BCUT2D eigenvalue weighted by atomic mass is 10.2. The summed E-state index contributed by atoms with van der Waals surface area (Å²) in [4.78, 5) is 0.157. The van der Waals surface area contributed by atoms with Crippen molar-refractivity contribution < 1.29 is 8.42 Å². The molecule has 0 saturated carbocycles. The van der Waals surface area contributed by atoms with Crippen molar-refractivity contribution in [2.75, 3.05) is 11.3 Å². The molecule has 0 fully saturated rings. The minimum atomic E-state index is -3.72. The molecule has 0 saturated heterocycles. The van der Waals surface area contributed by atoms with Crippen LogP contribution in [0.1, 0.15) is 17.0 Å². The molecule has 6 nitrogen and oxygen atoms in total. The molecule has 0 unspecified atom stereocenters. The molecule has 0 amide bonds. The predicted molar refractivity (Wildman–Crippen MR) is 81.2 cm³/mol. The van der Waals surface area contributed by atoms with E-state index in [1.54, 1.807) is 38.1 Å². The van der Waals surface area contributed by atoms with E-state index in [1.165, 1.54) is 0 Å². The topological polar surface area (TPSA) is 101 Å². The van der Waals surface area contributed by atoms with Crippen molar-refractivity contribution in [2.24, 2.45) is 5.73 Å². The minimum Gasteiger partial charge on any atom is -0.320 e. The van der Waals surface area contributed by atoms with Crippen LogP contribution in [0, 0.1) is 25.7 Å². The first-order valence-electron chi connectivity index (χ1n) is 6.28. The van der Waals surface area contributed by atoms with E-state index in [9.17, 15) is 8.42 Å². The van der Waals surface area contributed by atoms with Crippen LogP contribution in [0.4, 0.5) is 5.69 Å². The monoisotopic (exact) mass is 304 g/mol. The van der Waals surface area contributed by atoms with E-state index in [0.29, 0.717) is 22.6 Å². The van der Waals surface area contributed by atoms with E-state index in [0.717, 1.165) is 0 Å². The van der Waals surface area contributed by atoms with Gasteiger partial charge in [0.1, 0.15) is 4.90 Å². The summed E-state index contributed by atoms with van der Waals surface area (Å²) in [6.07, 6.45) is 0. The molecule has 0 aliphatic carbocycles. The molecule has 4 N–H and O–H groups in total. The average molecular weight is 304 g/mol. The van der Waals surface area contributed by atoms with Crippen LogP contribution < -0.4 is 10.5 Å². The molecule has 1 aromatic carbocycles. The summed E-state index contributed by atoms with van der Waals surface area (Å²) in [7, 11) is -3.72. The van der Waals surface area contributed by atoms with Crippen LogP contribution in [-0.2, 0) is 10.0 Å². The number of para-hydroxylation sites is 1. The third kappa shape index (κ3) is 3.24. The number of rotatable bonds is 3. The summed E-state index contributed by atoms with van der Waals surface area (Å²) in [5.41, 5.74) is 7.25. The van der Waals surface area contributed by atoms with E-state index < -0.39 is 10.0 Å². The Balaban J connectivity index is 2.43. The van der Waals surface area contributed by atoms with Gasteiger partial charge in [0.15, 0.2) is 0 Å². The van der Waals surface area contributed by atoms with Crippen molar-refractivity contribution in [3.05, 3.63) is 41.2 Å². The molecular weight excluding hydrogens is 288 g/mol. The van der Waals surface area contributed by atoms with Crippen LogP contribution in [0.15, 0.2) is 29.2 Å². The van der Waals surface area contributed by atoms with Gasteiger partial charge in [-0.15, -0.1) is 0 Å². The number of hydrogen-bond donors (Lipinski definition) is 3. The molecule has 2 rings (SSSR count). The van der Waals surface area contributed by atoms with Crippen molar-refractivity contribution in [1.82, 2.24) is 10.2 Å². The van der Waals surface area contributed by atoms with Gasteiger partial charge in [-0.2, -0.15) is 5.10 Å². The van der Waals surface area contributed by atoms with Gasteiger partial charge in [0.05, 0.1) is 23.6 Å². The fourth-order valence-corrected chi connectivity index (χ4v) is 3.41. The zero-order valence-corrected chi connectivity index (χ0v) is 12.6. The zero-order valence-electron chi connectivity index (χ0n) is 11.8. The molecular formula is C14H16N4O2S. The number of aromatic nitrogens is 2. The maximum Gasteiger partial charge on any atom is 0.265 e. The third-order valence-corrected chi connectivity index (χ3v) is 4.45. The van der Waals surface area contributed by atoms with Crippen molar-refractivity contribution >= 4 is 15.7 Å². The second-order valence-corrected chi connectivity index (χ2v) is 6.04. The Kier molecular flexibility index (Phi) is 4.31. The summed E-state index contributed by atoms with van der Waals surface area (Å²) in [6.45, 7) is 3.51. The Labute approximate surface area is 123 Å². The lowest BCUT2D eigenvalue weighted by molar-refractivity contribution is 0.600. The van der Waals surface area contributed by atoms with Crippen molar-refractivity contribution in [3.8, 4) is 11.8 Å². The lowest BCUT2D eigenvalue weighted by Gasteiger charge is -2.09. The van der Waals surface area contributed by atoms with Gasteiger partial charge in [-0.25, -0.2) is 8.42 Å². The second kappa shape index (κ2) is 5.99. The minimum absolute atomic E-state index is 0.157. The van der Waals surface area contributed by atoms with Gasteiger partial charge < -0.3 is 5.73 Å². The van der Waals surface area contributed by atoms with Gasteiger partial charge in [-0.1, -0.05) is 24.0 Å². The molecule has 0 radical (unpaired) electrons. The lowest BCUT2D eigenvalue weighted by Crippen LogP contribution is -2.15. The first-order chi connectivity index (χ1) is 9.95. The summed E-state index contributed by atoms with van der Waals surface area (Å²) in [5, 5.41) is 6.57. The van der Waals surface area contributed by atoms with Crippen molar-refractivity contribution in [2.45, 2.75) is 18.7 Å². The molecule has 0 aliphatic heterocycles. The Hall–Kier alpha value is -2.30. The third-order valence-electron chi connectivity index (χ3n) is 2.83. The maximum atomic E-state index is 12.5. The first kappa shape index (κ1) is 15.1. The molecule has 0 bridgehead atoms. The van der Waals surface area contributed by atoms with Crippen LogP contribution in [0.2, 0.25) is 0 Å². The van der Waals surface area contributed by atoms with Gasteiger partial charge in [-0.05, 0) is 26.0 Å². The van der Waals surface area contributed by atoms with Gasteiger partial charge in [0.2, 0.25) is 0 Å². The molecule has 21 heavy (non-hydrogen) atoms. The van der Waals surface area contributed by atoms with Crippen LogP contribution in [0.25, 0.3) is 0 Å². The Bertz CT molecular complexity index is 793. The number of anilines is 1. The highest BCUT2D eigenvalue weighted by molar-refractivity contribution is 7.92. The molecule has 1 heterocycles. The Morgan fingerprint density at radius 3 is 2.67 bits per heavy atom. The fraction of sp³-hybridized carbons (Fsp3) is 0.214. The molecule has 0 spiro atoms. The second-order valence-electron chi connectivity index (χ2n) is 4.42. The largest absolute Gasteiger partial charge is 0.320 e. The number of aromatic amines is 1. The number of hydrogen-bond acceptors (Lipinski definition) is 4. The van der Waals surface area contributed by atoms with Gasteiger partial charge in [0, 0.05) is 5.56 Å². The molecule has 1 aromatic heterocycles. The maximum absolute atomic E-state index is 12.5. The number of nitrogens with two attached hydrogens (primary N) is 1. The smallest absolute Gasteiger partial charge is 0.265 e. The summed E-state index contributed by atoms with van der Waals surface area (Å²) < 4.78 is 27.5. The number of H-pyrrole nitrogens is 1. The fourth-order valence-electron chi connectivity index (χ4n) is 1.96. The molecule has 2 aromatic rings. The highest BCUT2D eigenvalue weighted by atomic mass is 32.2. The number of sulfonamides is 1. The summed E-state index contributed by atoms with van der Waals surface area (Å²) in [5.74, 6) is 5.56. The predicted octanol–water partition coefficient (Wildman–Crippen LogP) is 1.14. The van der Waals surface area contributed by atoms with Crippen LogP contribution in [0.3, 0.4) is 0 Å². The standard InChI is InChI=1S/C14H16N4O2S/c1-10-14(11(2)17-16-10)21(19,20)18-13-8-4-3-6-12(13)7-5-9-15/h3-4,6,8,18H,9,15H2,1-2H3,(H,16,17). The highest BCUT2D eigenvalue weighted by Gasteiger charge is 2.22. The summed E-state index contributed by atoms with van der Waals surface area (Å²) in [6, 6.07) is 6.91. The Morgan fingerprint density at radius 1 is 1.33 bits per heavy atom. The Morgan fingerprint density at radius 2 is 2.05 bits per heavy atom. The summed E-state index contributed by atoms with van der Waals surface area (Å²) >= 11 is 0. The van der Waals surface area contributed by atoms with E-state index in [4.69, 9.17) is 5.73 Å². The number of benzene rings is 1. The van der Waals surface area contributed by atoms with E-state index >= 15 is 0 Å². The zero-order chi connectivity index (χ0) is 15.5. The van der Waals surface area contributed by atoms with Gasteiger partial charge in [0.25, 0.3) is 10.0 Å². The van der Waals surface area contributed by atoms with E-state index in [2.05, 4.69) is 26.8 Å². The number of nitrogens with zero attached hydrogens (tertiary/aromatic N) is 1. The van der Waals surface area contributed by atoms with Crippen molar-refractivity contribution in [3.63, 3.8) is 0 Å². The van der Waals surface area contributed by atoms with Crippen molar-refractivity contribution in [1.29, 1.82) is 0 Å². The van der Waals surface area contributed by atoms with E-state index in [-0.39, 0.29) is 11.4 Å². The van der Waals surface area contributed by atoms with Gasteiger partial charge >= 0.3 is 0 Å². The molecule has 7 heteroatoms. The van der Waals surface area contributed by atoms with Gasteiger partial charge in [-0.3, -0.25) is 9.82 Å². The molecule has 0 atom stereocenters. The average Bonchev–Trinajstić information content (AvgIpc) is 2.77. The quantitative estimate of drug-likeness (QED) is 0.740. The van der Waals surface area contributed by atoms with Crippen LogP contribution in [-0.4, -0.2) is 25.2 Å². The number of nitrogens with one attached hydrogen (secondary N) is 2. The van der Waals surface area contributed by atoms with Crippen LogP contribution in [0.5, 0.6) is 0 Å². The van der Waals surface area contributed by atoms with E-state index in [1.807, 2.05) is 0 Å². The first-order valence-corrected chi connectivity index (χ1v) is 7.76. The normalized spacial score (nSPS) is 10.8. The highest BCUT2D eigenvalue weighted by Crippen LogP contribution is 2.22.